The Balaban J connectivity index is 1.74. The summed E-state index contributed by atoms with van der Waals surface area (Å²) in [5.41, 5.74) is 1.03. The summed E-state index contributed by atoms with van der Waals surface area (Å²) in [5, 5.41) is 0. The third kappa shape index (κ3) is 2.86. The van der Waals surface area contributed by atoms with Crippen molar-refractivity contribution in [2.45, 2.75) is 58.0 Å². The predicted octanol–water partition coefficient (Wildman–Crippen LogP) is 5.23. The van der Waals surface area contributed by atoms with Crippen molar-refractivity contribution >= 4 is 0 Å². The first-order valence-electron chi connectivity index (χ1n) is 8.53. The molecule has 1 aliphatic heterocycles. The highest BCUT2D eigenvalue weighted by molar-refractivity contribution is 5.48. The van der Waals surface area contributed by atoms with E-state index >= 15 is 0 Å². The topological polar surface area (TPSA) is 18.5 Å². The number of hydrogen-bond donors (Lipinski definition) is 0. The quantitative estimate of drug-likeness (QED) is 0.694. The Morgan fingerprint density at radius 3 is 2.95 bits per heavy atom. The molecular weight excluding hydrogens is 279 g/mol. The maximum Gasteiger partial charge on any atom is 0.207 e. The number of rotatable bonds is 5. The van der Waals surface area contributed by atoms with Crippen LogP contribution in [0.4, 0.5) is 4.39 Å². The fourth-order valence-electron chi connectivity index (χ4n) is 3.66. The molecule has 0 N–H and O–H groups in total. The molecule has 2 aliphatic rings. The number of ether oxygens (including phenoxy) is 2. The molecule has 1 aromatic carbocycles. The first kappa shape index (κ1) is 15.4. The van der Waals surface area contributed by atoms with E-state index in [1.54, 1.807) is 6.07 Å². The van der Waals surface area contributed by atoms with Crippen molar-refractivity contribution in [3.8, 4) is 11.5 Å². The van der Waals surface area contributed by atoms with E-state index < -0.39 is 0 Å². The summed E-state index contributed by atoms with van der Waals surface area (Å²) in [6.45, 7) is 4.52. The van der Waals surface area contributed by atoms with Crippen LogP contribution >= 0.6 is 0 Å². The van der Waals surface area contributed by atoms with Crippen LogP contribution in [0.1, 0.15) is 57.4 Å². The largest absolute Gasteiger partial charge is 0.491 e. The summed E-state index contributed by atoms with van der Waals surface area (Å²) in [6.07, 6.45) is 10.3. The van der Waals surface area contributed by atoms with E-state index in [0.717, 1.165) is 24.8 Å². The molecule has 22 heavy (non-hydrogen) atoms. The maximum atomic E-state index is 14.5. The Bertz CT molecular complexity index is 553. The number of halogens is 1. The minimum atomic E-state index is -0.327. The molecule has 2 nitrogen and oxygen atoms in total. The standard InChI is InChI=1S/C19H25FO2/c1-3-5-6-7-13-8-9-14-15-10-11-16(21-4-2)18(20)19(15)22-17(14)12-13/h6-7,10-11,13-14,17H,3-5,8-9,12H2,1-2H3/b7-6+/t13?,14-,17?/m0/s1. The van der Waals surface area contributed by atoms with Gasteiger partial charge in [-0.3, -0.25) is 0 Å². The zero-order chi connectivity index (χ0) is 15.5. The molecular formula is C19H25FO2. The van der Waals surface area contributed by atoms with E-state index in [0.29, 0.717) is 29.9 Å². The van der Waals surface area contributed by atoms with E-state index in [4.69, 9.17) is 9.47 Å². The molecule has 3 atom stereocenters. The van der Waals surface area contributed by atoms with E-state index in [2.05, 4.69) is 19.1 Å². The molecule has 0 radical (unpaired) electrons. The van der Waals surface area contributed by atoms with Crippen molar-refractivity contribution in [2.24, 2.45) is 5.92 Å². The molecule has 1 saturated carbocycles. The van der Waals surface area contributed by atoms with Gasteiger partial charge in [-0.2, -0.15) is 4.39 Å². The van der Waals surface area contributed by atoms with E-state index in [1.165, 1.54) is 12.8 Å². The second-order valence-corrected chi connectivity index (χ2v) is 6.28. The number of fused-ring (bicyclic) bond motifs is 3. The zero-order valence-electron chi connectivity index (χ0n) is 13.5. The molecule has 3 rings (SSSR count). The third-order valence-electron chi connectivity index (χ3n) is 4.76. The van der Waals surface area contributed by atoms with Gasteiger partial charge < -0.3 is 9.47 Å². The van der Waals surface area contributed by atoms with Crippen LogP contribution in [0, 0.1) is 11.7 Å². The number of allylic oxidation sites excluding steroid dienone is 2. The molecule has 1 aliphatic carbocycles. The average Bonchev–Trinajstić information content (AvgIpc) is 2.89. The highest BCUT2D eigenvalue weighted by atomic mass is 19.1. The van der Waals surface area contributed by atoms with Crippen LogP contribution in [0.25, 0.3) is 0 Å². The van der Waals surface area contributed by atoms with Crippen molar-refractivity contribution in [1.82, 2.24) is 0 Å². The second kappa shape index (κ2) is 6.72. The van der Waals surface area contributed by atoms with E-state index in [-0.39, 0.29) is 11.9 Å². The maximum absolute atomic E-state index is 14.5. The minimum Gasteiger partial charge on any atom is -0.491 e. The highest BCUT2D eigenvalue weighted by Crippen LogP contribution is 2.49. The molecule has 0 aromatic heterocycles. The molecule has 0 saturated heterocycles. The van der Waals surface area contributed by atoms with Crippen molar-refractivity contribution in [2.75, 3.05) is 6.61 Å². The summed E-state index contributed by atoms with van der Waals surface area (Å²) in [4.78, 5) is 0. The minimum absolute atomic E-state index is 0.117. The monoisotopic (exact) mass is 304 g/mol. The fraction of sp³-hybridized carbons (Fsp3) is 0.579. The molecule has 2 unspecified atom stereocenters. The highest BCUT2D eigenvalue weighted by Gasteiger charge is 2.40. The van der Waals surface area contributed by atoms with Crippen LogP contribution in [-0.4, -0.2) is 12.7 Å². The summed E-state index contributed by atoms with van der Waals surface area (Å²) < 4.78 is 25.8. The van der Waals surface area contributed by atoms with Gasteiger partial charge in [-0.1, -0.05) is 31.6 Å². The van der Waals surface area contributed by atoms with Crippen molar-refractivity contribution in [3.63, 3.8) is 0 Å². The van der Waals surface area contributed by atoms with Crippen LogP contribution < -0.4 is 9.47 Å². The molecule has 3 heteroatoms. The Kier molecular flexibility index (Phi) is 4.70. The fourth-order valence-corrected chi connectivity index (χ4v) is 3.66. The first-order valence-corrected chi connectivity index (χ1v) is 8.53. The van der Waals surface area contributed by atoms with E-state index in [9.17, 15) is 4.39 Å². The zero-order valence-corrected chi connectivity index (χ0v) is 13.5. The smallest absolute Gasteiger partial charge is 0.207 e. The van der Waals surface area contributed by atoms with E-state index in [1.807, 2.05) is 13.0 Å². The van der Waals surface area contributed by atoms with Crippen molar-refractivity contribution < 1.29 is 13.9 Å². The van der Waals surface area contributed by atoms with Crippen molar-refractivity contribution in [1.29, 1.82) is 0 Å². The summed E-state index contributed by atoms with van der Waals surface area (Å²) in [7, 11) is 0. The SMILES string of the molecule is CCC/C=C/C1CC[C@H]2c3ccc(OCC)c(F)c3OC2C1. The molecule has 0 amide bonds. The van der Waals surface area contributed by atoms with Gasteiger partial charge >= 0.3 is 0 Å². The lowest BCUT2D eigenvalue weighted by atomic mass is 9.77. The molecule has 0 bridgehead atoms. The van der Waals surface area contributed by atoms with Crippen molar-refractivity contribution in [3.05, 3.63) is 35.7 Å². The lowest BCUT2D eigenvalue weighted by molar-refractivity contribution is 0.139. The number of unbranched alkanes of at least 4 members (excludes halogenated alkanes) is 1. The molecule has 1 aromatic rings. The second-order valence-electron chi connectivity index (χ2n) is 6.28. The van der Waals surface area contributed by atoms with Gasteiger partial charge in [0.1, 0.15) is 6.10 Å². The molecule has 1 fully saturated rings. The van der Waals surface area contributed by atoms with Crippen LogP contribution in [0.15, 0.2) is 24.3 Å². The van der Waals surface area contributed by atoms with Crippen LogP contribution in [0.2, 0.25) is 0 Å². The first-order chi connectivity index (χ1) is 10.7. The van der Waals surface area contributed by atoms with Gasteiger partial charge in [0.15, 0.2) is 11.5 Å². The van der Waals surface area contributed by atoms with Gasteiger partial charge in [0.2, 0.25) is 5.82 Å². The molecule has 0 spiro atoms. The molecule has 120 valence electrons. The summed E-state index contributed by atoms with van der Waals surface area (Å²) in [5.74, 6) is 1.32. The predicted molar refractivity (Wildman–Crippen MR) is 86.1 cm³/mol. The summed E-state index contributed by atoms with van der Waals surface area (Å²) in [6, 6.07) is 3.73. The van der Waals surface area contributed by atoms with Gasteiger partial charge in [-0.15, -0.1) is 0 Å². The molecule has 1 heterocycles. The Morgan fingerprint density at radius 2 is 2.18 bits per heavy atom. The Morgan fingerprint density at radius 1 is 1.32 bits per heavy atom. The van der Waals surface area contributed by atoms with Crippen LogP contribution in [-0.2, 0) is 0 Å². The Labute approximate surface area is 132 Å². The Hall–Kier alpha value is -1.51. The number of benzene rings is 1. The average molecular weight is 304 g/mol. The van der Waals surface area contributed by atoms with Gasteiger partial charge in [0.25, 0.3) is 0 Å². The lowest BCUT2D eigenvalue weighted by Crippen LogP contribution is -2.27. The summed E-state index contributed by atoms with van der Waals surface area (Å²) >= 11 is 0. The van der Waals surface area contributed by atoms with Gasteiger partial charge in [0.05, 0.1) is 6.61 Å². The lowest BCUT2D eigenvalue weighted by Gasteiger charge is -2.29. The van der Waals surface area contributed by atoms with Gasteiger partial charge in [-0.25, -0.2) is 0 Å². The van der Waals surface area contributed by atoms with Crippen LogP contribution in [0.3, 0.4) is 0 Å². The van der Waals surface area contributed by atoms with Gasteiger partial charge in [-0.05, 0) is 44.6 Å². The normalized spacial score (nSPS) is 26.6. The third-order valence-corrected chi connectivity index (χ3v) is 4.76. The van der Waals surface area contributed by atoms with Gasteiger partial charge in [0, 0.05) is 11.5 Å². The number of hydrogen-bond acceptors (Lipinski definition) is 2. The van der Waals surface area contributed by atoms with Crippen LogP contribution in [0.5, 0.6) is 11.5 Å².